The number of aryl methyl sites for hydroxylation is 1. The van der Waals surface area contributed by atoms with Crippen LogP contribution < -0.4 is 0 Å². The summed E-state index contributed by atoms with van der Waals surface area (Å²) in [6, 6.07) is 11.0. The molecule has 0 amide bonds. The van der Waals surface area contributed by atoms with E-state index in [-0.39, 0.29) is 20.1 Å². The molecule has 0 bridgehead atoms. The Morgan fingerprint density at radius 2 is 2.31 bits per heavy atom. The van der Waals surface area contributed by atoms with Crippen LogP contribution in [0.4, 0.5) is 0 Å². The molecule has 0 fully saturated rings. The van der Waals surface area contributed by atoms with Crippen molar-refractivity contribution in [1.29, 1.82) is 0 Å². The van der Waals surface area contributed by atoms with E-state index in [0.29, 0.717) is 0 Å². The van der Waals surface area contributed by atoms with Gasteiger partial charge in [0.2, 0.25) is 0 Å². The molecule has 0 saturated carbocycles. The van der Waals surface area contributed by atoms with E-state index in [1.807, 2.05) is 30.5 Å². The van der Waals surface area contributed by atoms with Crippen LogP contribution in [0.3, 0.4) is 0 Å². The molecule has 0 spiro atoms. The molecule has 0 atom stereocenters. The van der Waals surface area contributed by atoms with Crippen molar-refractivity contribution in [3.63, 3.8) is 0 Å². The fourth-order valence-electron chi connectivity index (χ4n) is 1.11. The van der Waals surface area contributed by atoms with Gasteiger partial charge in [-0.25, -0.2) is 0 Å². The first-order chi connectivity index (χ1) is 5.86. The Morgan fingerprint density at radius 1 is 1.46 bits per heavy atom. The van der Waals surface area contributed by atoms with E-state index in [1.165, 1.54) is 5.56 Å². The minimum atomic E-state index is 0. The fourth-order valence-corrected chi connectivity index (χ4v) is 1.11. The van der Waals surface area contributed by atoms with E-state index in [9.17, 15) is 0 Å². The molecule has 1 aromatic carbocycles. The maximum atomic E-state index is 4.11. The van der Waals surface area contributed by atoms with Crippen molar-refractivity contribution in [2.24, 2.45) is 0 Å². The Morgan fingerprint density at radius 3 is 2.92 bits per heavy atom. The summed E-state index contributed by atoms with van der Waals surface area (Å²) in [6.07, 6.45) is 3.67. The zero-order valence-electron chi connectivity index (χ0n) is 7.19. The molecule has 0 aliphatic carbocycles. The summed E-state index contributed by atoms with van der Waals surface area (Å²) in [4.78, 5) is 0. The molecular weight excluding hydrogens is 340 g/mol. The van der Waals surface area contributed by atoms with Crippen LogP contribution in [0.2, 0.25) is 0 Å². The van der Waals surface area contributed by atoms with Crippen molar-refractivity contribution in [3.8, 4) is 5.69 Å². The minimum Gasteiger partial charge on any atom is -0.266 e. The Bertz CT molecular complexity index is 368. The standard InChI is InChI=1S/C10H9N2.Ir/c1-9-4-2-5-10(8-9)12-7-3-6-11-12;/h2-4,6-8H,1H3;/q-1;. The van der Waals surface area contributed by atoms with E-state index in [1.54, 1.807) is 10.9 Å². The third-order valence-electron chi connectivity index (χ3n) is 1.69. The molecule has 1 heterocycles. The SMILES string of the molecule is Cc1cc[c-]c(-n2cccn2)c1.[Ir]. The van der Waals surface area contributed by atoms with Gasteiger partial charge in [0.25, 0.3) is 0 Å². The quantitative estimate of drug-likeness (QED) is 0.720. The molecule has 2 aromatic rings. The van der Waals surface area contributed by atoms with E-state index < -0.39 is 0 Å². The molecule has 0 unspecified atom stereocenters. The molecule has 2 rings (SSSR count). The van der Waals surface area contributed by atoms with Crippen LogP contribution in [-0.2, 0) is 20.1 Å². The van der Waals surface area contributed by atoms with Gasteiger partial charge in [-0.15, -0.1) is 6.07 Å². The van der Waals surface area contributed by atoms with Crippen molar-refractivity contribution in [2.45, 2.75) is 6.92 Å². The molecule has 1 aromatic heterocycles. The Hall–Kier alpha value is -0.921. The molecule has 0 aliphatic heterocycles. The number of hydrogen-bond acceptors (Lipinski definition) is 1. The predicted octanol–water partition coefficient (Wildman–Crippen LogP) is 1.98. The van der Waals surface area contributed by atoms with Crippen molar-refractivity contribution in [3.05, 3.63) is 48.3 Å². The van der Waals surface area contributed by atoms with Crippen LogP contribution in [0.15, 0.2) is 36.7 Å². The largest absolute Gasteiger partial charge is 0.266 e. The monoisotopic (exact) mass is 350 g/mol. The normalized spacial score (nSPS) is 9.31. The van der Waals surface area contributed by atoms with Gasteiger partial charge in [0.1, 0.15) is 0 Å². The molecule has 0 N–H and O–H groups in total. The predicted molar refractivity (Wildman–Crippen MR) is 47.1 cm³/mol. The van der Waals surface area contributed by atoms with Crippen LogP contribution in [-0.4, -0.2) is 9.78 Å². The van der Waals surface area contributed by atoms with Crippen molar-refractivity contribution >= 4 is 0 Å². The minimum absolute atomic E-state index is 0. The topological polar surface area (TPSA) is 17.8 Å². The third-order valence-corrected chi connectivity index (χ3v) is 1.69. The second-order valence-corrected chi connectivity index (χ2v) is 2.70. The van der Waals surface area contributed by atoms with Crippen molar-refractivity contribution in [1.82, 2.24) is 9.78 Å². The van der Waals surface area contributed by atoms with Crippen LogP contribution >= 0.6 is 0 Å². The zero-order valence-corrected chi connectivity index (χ0v) is 9.59. The third kappa shape index (κ3) is 2.27. The van der Waals surface area contributed by atoms with Crippen molar-refractivity contribution < 1.29 is 20.1 Å². The van der Waals surface area contributed by atoms with E-state index in [4.69, 9.17) is 0 Å². The van der Waals surface area contributed by atoms with E-state index in [2.05, 4.69) is 18.1 Å². The molecule has 3 heteroatoms. The summed E-state index contributed by atoms with van der Waals surface area (Å²) in [5.41, 5.74) is 2.21. The second kappa shape index (κ2) is 4.35. The summed E-state index contributed by atoms with van der Waals surface area (Å²) in [5, 5.41) is 4.11. The number of rotatable bonds is 1. The molecule has 2 nitrogen and oxygen atoms in total. The summed E-state index contributed by atoms with van der Waals surface area (Å²) >= 11 is 0. The number of hydrogen-bond donors (Lipinski definition) is 0. The first-order valence-electron chi connectivity index (χ1n) is 3.84. The number of benzene rings is 1. The second-order valence-electron chi connectivity index (χ2n) is 2.70. The van der Waals surface area contributed by atoms with Crippen LogP contribution in [0.25, 0.3) is 5.69 Å². The van der Waals surface area contributed by atoms with Crippen LogP contribution in [0, 0.1) is 13.0 Å². The van der Waals surface area contributed by atoms with E-state index in [0.717, 1.165) is 5.69 Å². The number of aromatic nitrogens is 2. The van der Waals surface area contributed by atoms with Gasteiger partial charge >= 0.3 is 0 Å². The summed E-state index contributed by atoms with van der Waals surface area (Å²) in [6.45, 7) is 2.06. The van der Waals surface area contributed by atoms with Crippen LogP contribution in [0.1, 0.15) is 5.56 Å². The molecule has 69 valence electrons. The first-order valence-corrected chi connectivity index (χ1v) is 3.84. The van der Waals surface area contributed by atoms with Gasteiger partial charge in [0.15, 0.2) is 0 Å². The number of nitrogens with zero attached hydrogens (tertiary/aromatic N) is 2. The average molecular weight is 349 g/mol. The molecule has 1 radical (unpaired) electrons. The summed E-state index contributed by atoms with van der Waals surface area (Å²) < 4.78 is 1.80. The molecule has 13 heavy (non-hydrogen) atoms. The van der Waals surface area contributed by atoms with Crippen molar-refractivity contribution in [2.75, 3.05) is 0 Å². The van der Waals surface area contributed by atoms with Gasteiger partial charge in [-0.05, 0) is 11.8 Å². The van der Waals surface area contributed by atoms with Gasteiger partial charge in [0.05, 0.1) is 0 Å². The first kappa shape index (κ1) is 10.2. The van der Waals surface area contributed by atoms with E-state index >= 15 is 0 Å². The van der Waals surface area contributed by atoms with Gasteiger partial charge in [0, 0.05) is 32.5 Å². The summed E-state index contributed by atoms with van der Waals surface area (Å²) in [5.74, 6) is 0. The molecule has 0 saturated heterocycles. The van der Waals surface area contributed by atoms with Gasteiger partial charge < -0.3 is 0 Å². The Balaban J connectivity index is 0.000000845. The zero-order chi connectivity index (χ0) is 8.39. The van der Waals surface area contributed by atoms with Gasteiger partial charge in [-0.3, -0.25) is 4.68 Å². The van der Waals surface area contributed by atoms with Crippen LogP contribution in [0.5, 0.6) is 0 Å². The molecule has 0 aliphatic rings. The fraction of sp³-hybridized carbons (Fsp3) is 0.100. The maximum absolute atomic E-state index is 4.11. The molecular formula is C10H9IrN2-. The summed E-state index contributed by atoms with van der Waals surface area (Å²) in [7, 11) is 0. The Labute approximate surface area is 90.9 Å². The van der Waals surface area contributed by atoms with Gasteiger partial charge in [-0.1, -0.05) is 6.92 Å². The maximum Gasteiger partial charge on any atom is 0.0493 e. The van der Waals surface area contributed by atoms with Gasteiger partial charge in [-0.2, -0.15) is 28.9 Å². The smallest absolute Gasteiger partial charge is 0.0493 e. The Kier molecular flexibility index (Phi) is 3.40. The average Bonchev–Trinajstić information content (AvgIpc) is 2.56.